The smallest absolute Gasteiger partial charge is 0.251 e. The van der Waals surface area contributed by atoms with E-state index in [1.54, 1.807) is 33.0 Å². The van der Waals surface area contributed by atoms with E-state index < -0.39 is 10.0 Å². The molecule has 0 radical (unpaired) electrons. The van der Waals surface area contributed by atoms with Crippen molar-refractivity contribution in [3.05, 3.63) is 70.8 Å². The van der Waals surface area contributed by atoms with Gasteiger partial charge in [-0.1, -0.05) is 36.4 Å². The molecule has 0 fully saturated rings. The summed E-state index contributed by atoms with van der Waals surface area (Å²) in [5.74, 6) is -0.114. The lowest BCUT2D eigenvalue weighted by atomic mass is 10.1. The maximum absolute atomic E-state index is 12.0. The first-order chi connectivity index (χ1) is 12.8. The van der Waals surface area contributed by atoms with Crippen LogP contribution in [0.3, 0.4) is 0 Å². The number of carbonyl (C=O) groups is 1. The molecule has 0 saturated carbocycles. The standard InChI is InChI=1S/C20H27N3O3S/c1-15(2)23-27(25,26)14-18-6-4-16(5-7-18)12-22-13-17-8-10-19(11-9-17)20(24)21-3/h4-11,15,22-23H,12-14H2,1-3H3,(H,21,24). The highest BCUT2D eigenvalue weighted by Crippen LogP contribution is 2.09. The Morgan fingerprint density at radius 3 is 1.85 bits per heavy atom. The highest BCUT2D eigenvalue weighted by molar-refractivity contribution is 7.88. The van der Waals surface area contributed by atoms with Crippen LogP contribution in [0.4, 0.5) is 0 Å². The summed E-state index contributed by atoms with van der Waals surface area (Å²) in [4.78, 5) is 11.5. The van der Waals surface area contributed by atoms with Crippen LogP contribution in [0.15, 0.2) is 48.5 Å². The summed E-state index contributed by atoms with van der Waals surface area (Å²) in [7, 11) is -1.70. The van der Waals surface area contributed by atoms with E-state index in [0.717, 1.165) is 16.7 Å². The first kappa shape index (κ1) is 21.1. The summed E-state index contributed by atoms with van der Waals surface area (Å²) in [5.41, 5.74) is 3.57. The van der Waals surface area contributed by atoms with Gasteiger partial charge >= 0.3 is 0 Å². The van der Waals surface area contributed by atoms with Crippen molar-refractivity contribution in [3.8, 4) is 0 Å². The molecule has 0 aliphatic heterocycles. The number of hydrogen-bond donors (Lipinski definition) is 3. The monoisotopic (exact) mass is 389 g/mol. The number of sulfonamides is 1. The van der Waals surface area contributed by atoms with E-state index in [1.165, 1.54) is 0 Å². The highest BCUT2D eigenvalue weighted by atomic mass is 32.2. The Bertz CT molecular complexity index is 845. The van der Waals surface area contributed by atoms with E-state index in [0.29, 0.717) is 18.7 Å². The quantitative estimate of drug-likeness (QED) is 0.613. The summed E-state index contributed by atoms with van der Waals surface area (Å²) in [6.45, 7) is 4.97. The number of benzene rings is 2. The van der Waals surface area contributed by atoms with E-state index in [9.17, 15) is 13.2 Å². The number of carbonyl (C=O) groups excluding carboxylic acids is 1. The molecule has 6 nitrogen and oxygen atoms in total. The fourth-order valence-electron chi connectivity index (χ4n) is 2.64. The van der Waals surface area contributed by atoms with Crippen molar-refractivity contribution in [1.29, 1.82) is 0 Å². The van der Waals surface area contributed by atoms with Crippen LogP contribution < -0.4 is 15.4 Å². The molecule has 0 spiro atoms. The van der Waals surface area contributed by atoms with E-state index in [4.69, 9.17) is 0 Å². The molecule has 27 heavy (non-hydrogen) atoms. The van der Waals surface area contributed by atoms with Gasteiger partial charge in [0.05, 0.1) is 5.75 Å². The van der Waals surface area contributed by atoms with Crippen molar-refractivity contribution < 1.29 is 13.2 Å². The average Bonchev–Trinajstić information content (AvgIpc) is 2.61. The zero-order valence-electron chi connectivity index (χ0n) is 16.0. The van der Waals surface area contributed by atoms with Gasteiger partial charge in [-0.25, -0.2) is 13.1 Å². The Morgan fingerprint density at radius 1 is 0.889 bits per heavy atom. The minimum Gasteiger partial charge on any atom is -0.355 e. The molecule has 0 heterocycles. The van der Waals surface area contributed by atoms with Gasteiger partial charge in [-0.2, -0.15) is 0 Å². The SMILES string of the molecule is CNC(=O)c1ccc(CNCc2ccc(CS(=O)(=O)NC(C)C)cc2)cc1. The zero-order valence-corrected chi connectivity index (χ0v) is 16.8. The van der Waals surface area contributed by atoms with E-state index in [-0.39, 0.29) is 17.7 Å². The van der Waals surface area contributed by atoms with Crippen LogP contribution in [0.5, 0.6) is 0 Å². The number of hydrogen-bond acceptors (Lipinski definition) is 4. The van der Waals surface area contributed by atoms with Crippen molar-refractivity contribution in [2.24, 2.45) is 0 Å². The van der Waals surface area contributed by atoms with E-state index in [2.05, 4.69) is 15.4 Å². The Balaban J connectivity index is 1.84. The molecular weight excluding hydrogens is 362 g/mol. The van der Waals surface area contributed by atoms with Crippen molar-refractivity contribution in [2.75, 3.05) is 7.05 Å². The largest absolute Gasteiger partial charge is 0.355 e. The number of nitrogens with one attached hydrogen (secondary N) is 3. The summed E-state index contributed by atoms with van der Waals surface area (Å²) >= 11 is 0. The molecular formula is C20H27N3O3S. The lowest BCUT2D eigenvalue weighted by Crippen LogP contribution is -2.31. The Hall–Kier alpha value is -2.22. The van der Waals surface area contributed by atoms with Gasteiger partial charge in [-0.3, -0.25) is 4.79 Å². The first-order valence-electron chi connectivity index (χ1n) is 8.88. The molecule has 0 aromatic heterocycles. The Kier molecular flexibility index (Phi) is 7.53. The molecule has 7 heteroatoms. The van der Waals surface area contributed by atoms with E-state index in [1.807, 2.05) is 36.4 Å². The molecule has 2 aromatic carbocycles. The minimum absolute atomic E-state index is 0.0173. The number of rotatable bonds is 9. The minimum atomic E-state index is -3.31. The third-order valence-corrected chi connectivity index (χ3v) is 5.44. The van der Waals surface area contributed by atoms with Gasteiger partial charge in [-0.15, -0.1) is 0 Å². The van der Waals surface area contributed by atoms with Gasteiger partial charge in [0.25, 0.3) is 5.91 Å². The van der Waals surface area contributed by atoms with Crippen LogP contribution in [-0.2, 0) is 28.9 Å². The second-order valence-electron chi connectivity index (χ2n) is 6.73. The van der Waals surface area contributed by atoms with E-state index >= 15 is 0 Å². The molecule has 0 aliphatic carbocycles. The van der Waals surface area contributed by atoms with Crippen LogP contribution in [0.1, 0.15) is 40.9 Å². The molecule has 2 rings (SSSR count). The maximum Gasteiger partial charge on any atom is 0.251 e. The van der Waals surface area contributed by atoms with Crippen LogP contribution in [0, 0.1) is 0 Å². The van der Waals surface area contributed by atoms with Gasteiger partial charge in [0, 0.05) is 31.7 Å². The lowest BCUT2D eigenvalue weighted by Gasteiger charge is -2.10. The summed E-state index contributed by atoms with van der Waals surface area (Å²) < 4.78 is 26.5. The predicted octanol–water partition coefficient (Wildman–Crippen LogP) is 2.16. The molecule has 0 aliphatic rings. The van der Waals surface area contributed by atoms with Crippen molar-refractivity contribution >= 4 is 15.9 Å². The van der Waals surface area contributed by atoms with Crippen LogP contribution >= 0.6 is 0 Å². The third-order valence-electron chi connectivity index (χ3n) is 3.90. The summed E-state index contributed by atoms with van der Waals surface area (Å²) in [6, 6.07) is 14.9. The van der Waals surface area contributed by atoms with Gasteiger partial charge in [0.1, 0.15) is 0 Å². The van der Waals surface area contributed by atoms with Gasteiger partial charge < -0.3 is 10.6 Å². The van der Waals surface area contributed by atoms with Crippen molar-refractivity contribution in [1.82, 2.24) is 15.4 Å². The van der Waals surface area contributed by atoms with Gasteiger partial charge in [0.15, 0.2) is 0 Å². The zero-order chi connectivity index (χ0) is 19.9. The molecule has 0 unspecified atom stereocenters. The Morgan fingerprint density at radius 2 is 1.37 bits per heavy atom. The molecule has 146 valence electrons. The molecule has 0 bridgehead atoms. The Labute approximate surface area is 161 Å². The lowest BCUT2D eigenvalue weighted by molar-refractivity contribution is 0.0963. The molecule has 0 saturated heterocycles. The topological polar surface area (TPSA) is 87.3 Å². The molecule has 3 N–H and O–H groups in total. The highest BCUT2D eigenvalue weighted by Gasteiger charge is 2.12. The molecule has 1 amide bonds. The van der Waals surface area contributed by atoms with Gasteiger partial charge in [-0.05, 0) is 42.7 Å². The third kappa shape index (κ3) is 7.13. The maximum atomic E-state index is 12.0. The van der Waals surface area contributed by atoms with Crippen LogP contribution in [-0.4, -0.2) is 27.4 Å². The van der Waals surface area contributed by atoms with Crippen LogP contribution in [0.2, 0.25) is 0 Å². The predicted molar refractivity (Wildman–Crippen MR) is 108 cm³/mol. The summed E-state index contributed by atoms with van der Waals surface area (Å²) in [6.07, 6.45) is 0. The molecule has 2 aromatic rings. The average molecular weight is 390 g/mol. The van der Waals surface area contributed by atoms with Crippen molar-refractivity contribution in [3.63, 3.8) is 0 Å². The first-order valence-corrected chi connectivity index (χ1v) is 10.5. The van der Waals surface area contributed by atoms with Gasteiger partial charge in [0.2, 0.25) is 10.0 Å². The second-order valence-corrected chi connectivity index (χ2v) is 8.48. The normalized spacial score (nSPS) is 11.6. The van der Waals surface area contributed by atoms with Crippen molar-refractivity contribution in [2.45, 2.75) is 38.7 Å². The summed E-state index contributed by atoms with van der Waals surface area (Å²) in [5, 5.41) is 5.94. The number of amides is 1. The molecule has 0 atom stereocenters. The second kappa shape index (κ2) is 9.64. The fraction of sp³-hybridized carbons (Fsp3) is 0.350. The fourth-order valence-corrected chi connectivity index (χ4v) is 4.08. The van der Waals surface area contributed by atoms with Crippen LogP contribution in [0.25, 0.3) is 0 Å².